The largest absolute Gasteiger partial charge is 0.310 e. The van der Waals surface area contributed by atoms with Crippen LogP contribution in [0.3, 0.4) is 0 Å². The SMILES string of the molecule is O=c1cc(-c2ccc(Cl)s2)nc(C2CC2)[nH]1. The van der Waals surface area contributed by atoms with Crippen LogP contribution in [0, 0.1) is 0 Å². The Morgan fingerprint density at radius 2 is 2.25 bits per heavy atom. The fraction of sp³-hybridized carbons (Fsp3) is 0.273. The van der Waals surface area contributed by atoms with Crippen molar-refractivity contribution in [3.05, 3.63) is 38.7 Å². The molecule has 2 aromatic rings. The molecular formula is C11H9ClN2OS. The number of aromatic nitrogens is 2. The number of thiophene rings is 1. The average molecular weight is 253 g/mol. The minimum atomic E-state index is -0.0866. The molecule has 1 aliphatic carbocycles. The van der Waals surface area contributed by atoms with E-state index in [1.54, 1.807) is 0 Å². The summed E-state index contributed by atoms with van der Waals surface area (Å²) in [6, 6.07) is 5.24. The highest BCUT2D eigenvalue weighted by molar-refractivity contribution is 7.19. The Morgan fingerprint density at radius 1 is 1.44 bits per heavy atom. The zero-order chi connectivity index (χ0) is 11.1. The quantitative estimate of drug-likeness (QED) is 0.893. The third kappa shape index (κ3) is 1.90. The second-order valence-corrected chi connectivity index (χ2v) is 5.61. The first-order valence-corrected chi connectivity index (χ1v) is 6.29. The van der Waals surface area contributed by atoms with Crippen LogP contribution in [0.2, 0.25) is 4.34 Å². The molecule has 1 N–H and O–H groups in total. The topological polar surface area (TPSA) is 45.8 Å². The van der Waals surface area contributed by atoms with Crippen molar-refractivity contribution in [2.45, 2.75) is 18.8 Å². The summed E-state index contributed by atoms with van der Waals surface area (Å²) in [5.74, 6) is 1.26. The van der Waals surface area contributed by atoms with E-state index in [-0.39, 0.29) is 5.56 Å². The van der Waals surface area contributed by atoms with Crippen molar-refractivity contribution in [3.8, 4) is 10.6 Å². The maximum atomic E-state index is 11.5. The Bertz CT molecular complexity index is 586. The van der Waals surface area contributed by atoms with E-state index >= 15 is 0 Å². The fourth-order valence-corrected chi connectivity index (χ4v) is 2.61. The molecule has 2 heterocycles. The summed E-state index contributed by atoms with van der Waals surface area (Å²) in [5, 5.41) is 0. The van der Waals surface area contributed by atoms with Gasteiger partial charge in [0.1, 0.15) is 5.82 Å². The number of nitrogens with one attached hydrogen (secondary N) is 1. The van der Waals surface area contributed by atoms with E-state index < -0.39 is 0 Å². The van der Waals surface area contributed by atoms with Crippen molar-refractivity contribution in [2.24, 2.45) is 0 Å². The second-order valence-electron chi connectivity index (χ2n) is 3.89. The van der Waals surface area contributed by atoms with E-state index in [0.717, 1.165) is 29.2 Å². The van der Waals surface area contributed by atoms with Gasteiger partial charge in [0.2, 0.25) is 0 Å². The first kappa shape index (κ1) is 10.1. The molecule has 16 heavy (non-hydrogen) atoms. The van der Waals surface area contributed by atoms with Crippen LogP contribution in [0.4, 0.5) is 0 Å². The monoisotopic (exact) mass is 252 g/mol. The zero-order valence-electron chi connectivity index (χ0n) is 8.37. The van der Waals surface area contributed by atoms with Crippen LogP contribution in [-0.2, 0) is 0 Å². The molecule has 0 atom stereocenters. The van der Waals surface area contributed by atoms with Crippen LogP contribution in [0.5, 0.6) is 0 Å². The summed E-state index contributed by atoms with van der Waals surface area (Å²) >= 11 is 7.31. The third-order valence-corrected chi connectivity index (χ3v) is 3.80. The van der Waals surface area contributed by atoms with Gasteiger partial charge in [0.25, 0.3) is 5.56 Å². The van der Waals surface area contributed by atoms with Gasteiger partial charge in [-0.1, -0.05) is 11.6 Å². The summed E-state index contributed by atoms with van der Waals surface area (Å²) in [7, 11) is 0. The number of hydrogen-bond acceptors (Lipinski definition) is 3. The Balaban J connectivity index is 2.09. The number of nitrogens with zero attached hydrogens (tertiary/aromatic N) is 1. The first-order valence-electron chi connectivity index (χ1n) is 5.09. The predicted molar refractivity (Wildman–Crippen MR) is 65.2 cm³/mol. The highest BCUT2D eigenvalue weighted by Crippen LogP contribution is 2.38. The van der Waals surface area contributed by atoms with Crippen LogP contribution in [0.25, 0.3) is 10.6 Å². The normalized spacial score (nSPS) is 15.3. The maximum Gasteiger partial charge on any atom is 0.251 e. The highest BCUT2D eigenvalue weighted by atomic mass is 35.5. The van der Waals surface area contributed by atoms with Crippen molar-refractivity contribution in [2.75, 3.05) is 0 Å². The molecule has 2 aromatic heterocycles. The van der Waals surface area contributed by atoms with Crippen LogP contribution >= 0.6 is 22.9 Å². The molecule has 0 bridgehead atoms. The maximum absolute atomic E-state index is 11.5. The van der Waals surface area contributed by atoms with Gasteiger partial charge in [-0.15, -0.1) is 11.3 Å². The molecule has 0 aromatic carbocycles. The molecule has 1 aliphatic rings. The van der Waals surface area contributed by atoms with Gasteiger partial charge < -0.3 is 4.98 Å². The minimum absolute atomic E-state index is 0.0866. The zero-order valence-corrected chi connectivity index (χ0v) is 9.94. The predicted octanol–water partition coefficient (Wildman–Crippen LogP) is 3.03. The van der Waals surface area contributed by atoms with Gasteiger partial charge in [0, 0.05) is 12.0 Å². The third-order valence-electron chi connectivity index (χ3n) is 2.55. The lowest BCUT2D eigenvalue weighted by molar-refractivity contribution is 0.913. The summed E-state index contributed by atoms with van der Waals surface area (Å²) in [4.78, 5) is 19.7. The molecule has 3 nitrogen and oxygen atoms in total. The Hall–Kier alpha value is -1.13. The lowest BCUT2D eigenvalue weighted by Gasteiger charge is -2.00. The summed E-state index contributed by atoms with van der Waals surface area (Å²) in [5.41, 5.74) is 0.638. The number of rotatable bonds is 2. The molecule has 82 valence electrons. The van der Waals surface area contributed by atoms with Crippen molar-refractivity contribution in [3.63, 3.8) is 0 Å². The van der Waals surface area contributed by atoms with Crippen LogP contribution in [0.15, 0.2) is 23.0 Å². The van der Waals surface area contributed by atoms with Crippen LogP contribution in [0.1, 0.15) is 24.6 Å². The number of hydrogen-bond donors (Lipinski definition) is 1. The van der Waals surface area contributed by atoms with Gasteiger partial charge in [-0.05, 0) is 25.0 Å². The van der Waals surface area contributed by atoms with Gasteiger partial charge in [-0.25, -0.2) is 4.98 Å². The molecule has 1 fully saturated rings. The molecule has 5 heteroatoms. The van der Waals surface area contributed by atoms with E-state index in [1.165, 1.54) is 17.4 Å². The molecule has 3 rings (SSSR count). The van der Waals surface area contributed by atoms with Gasteiger partial charge >= 0.3 is 0 Å². The molecule has 0 spiro atoms. The Kier molecular flexibility index (Phi) is 2.33. The van der Waals surface area contributed by atoms with E-state index in [2.05, 4.69) is 9.97 Å². The lowest BCUT2D eigenvalue weighted by Crippen LogP contribution is -2.10. The van der Waals surface area contributed by atoms with Crippen LogP contribution in [-0.4, -0.2) is 9.97 Å². The first-order chi connectivity index (χ1) is 7.72. The number of aromatic amines is 1. The van der Waals surface area contributed by atoms with Gasteiger partial charge in [0.15, 0.2) is 0 Å². The number of halogens is 1. The van der Waals surface area contributed by atoms with E-state index in [9.17, 15) is 4.79 Å². The fourth-order valence-electron chi connectivity index (χ4n) is 1.60. The van der Waals surface area contributed by atoms with Gasteiger partial charge in [-0.3, -0.25) is 4.79 Å². The Morgan fingerprint density at radius 3 is 2.88 bits per heavy atom. The van der Waals surface area contributed by atoms with Gasteiger partial charge in [-0.2, -0.15) is 0 Å². The molecule has 0 aliphatic heterocycles. The minimum Gasteiger partial charge on any atom is -0.310 e. The van der Waals surface area contributed by atoms with Crippen molar-refractivity contribution in [1.29, 1.82) is 0 Å². The van der Waals surface area contributed by atoms with Crippen molar-refractivity contribution < 1.29 is 0 Å². The lowest BCUT2D eigenvalue weighted by atomic mass is 10.3. The Labute approximate surface area is 101 Å². The van der Waals surface area contributed by atoms with E-state index in [0.29, 0.717) is 10.3 Å². The molecule has 0 amide bonds. The van der Waals surface area contributed by atoms with E-state index in [1.807, 2.05) is 12.1 Å². The second kappa shape index (κ2) is 3.71. The molecule has 0 radical (unpaired) electrons. The number of H-pyrrole nitrogens is 1. The van der Waals surface area contributed by atoms with Gasteiger partial charge in [0.05, 0.1) is 14.9 Å². The standard InChI is InChI=1S/C11H9ClN2OS/c12-9-4-3-8(16-9)7-5-10(15)14-11(13-7)6-1-2-6/h3-6H,1-2H2,(H,13,14,15). The smallest absolute Gasteiger partial charge is 0.251 e. The highest BCUT2D eigenvalue weighted by Gasteiger charge is 2.26. The van der Waals surface area contributed by atoms with Crippen LogP contribution < -0.4 is 5.56 Å². The molecular weight excluding hydrogens is 244 g/mol. The summed E-state index contributed by atoms with van der Waals surface area (Å²) in [6.45, 7) is 0. The molecule has 1 saturated carbocycles. The molecule has 0 saturated heterocycles. The molecule has 0 unspecified atom stereocenters. The van der Waals surface area contributed by atoms with Crippen molar-refractivity contribution >= 4 is 22.9 Å². The summed E-state index contributed by atoms with van der Waals surface area (Å²) in [6.07, 6.45) is 2.25. The average Bonchev–Trinajstić information content (AvgIpc) is 3.01. The van der Waals surface area contributed by atoms with E-state index in [4.69, 9.17) is 11.6 Å². The summed E-state index contributed by atoms with van der Waals surface area (Å²) < 4.78 is 0.713. The van der Waals surface area contributed by atoms with Crippen molar-refractivity contribution in [1.82, 2.24) is 9.97 Å².